The fourth-order valence-electron chi connectivity index (χ4n) is 2.09. The zero-order valence-electron chi connectivity index (χ0n) is 11.9. The van der Waals surface area contributed by atoms with Gasteiger partial charge in [0.2, 0.25) is 11.8 Å². The molecule has 0 atom stereocenters. The molecule has 0 aliphatic carbocycles. The summed E-state index contributed by atoms with van der Waals surface area (Å²) in [6.07, 6.45) is 3.32. The Labute approximate surface area is 119 Å². The van der Waals surface area contributed by atoms with Crippen molar-refractivity contribution in [3.63, 3.8) is 0 Å². The molecule has 1 fully saturated rings. The van der Waals surface area contributed by atoms with Crippen LogP contribution >= 0.6 is 0 Å². The number of amides is 2. The second-order valence-electron chi connectivity index (χ2n) is 5.26. The summed E-state index contributed by atoms with van der Waals surface area (Å²) in [7, 11) is 0. The predicted molar refractivity (Wildman–Crippen MR) is 79.2 cm³/mol. The molecule has 0 aromatic heterocycles. The monoisotopic (exact) mass is 272 g/mol. The highest BCUT2D eigenvalue weighted by Gasteiger charge is 2.18. The van der Waals surface area contributed by atoms with Gasteiger partial charge in [0.25, 0.3) is 0 Å². The summed E-state index contributed by atoms with van der Waals surface area (Å²) in [6, 6.07) is 8.15. The number of carbonyl (C=O) groups excluding carboxylic acids is 2. The lowest BCUT2D eigenvalue weighted by atomic mass is 10.0. The average Bonchev–Trinajstić information content (AvgIpc) is 2.45. The van der Waals surface area contributed by atoms with E-state index >= 15 is 0 Å². The Morgan fingerprint density at radius 2 is 2.00 bits per heavy atom. The van der Waals surface area contributed by atoms with E-state index in [0.717, 1.165) is 5.56 Å². The topological polar surface area (TPSA) is 49.4 Å². The van der Waals surface area contributed by atoms with Crippen molar-refractivity contribution in [2.45, 2.75) is 19.8 Å². The van der Waals surface area contributed by atoms with Gasteiger partial charge in [-0.3, -0.25) is 9.59 Å². The smallest absolute Gasteiger partial charge is 0.247 e. The van der Waals surface area contributed by atoms with E-state index in [1.807, 2.05) is 12.1 Å². The number of piperazine rings is 1. The third-order valence-electron chi connectivity index (χ3n) is 3.37. The second-order valence-corrected chi connectivity index (χ2v) is 5.26. The van der Waals surface area contributed by atoms with Crippen LogP contribution in [0.2, 0.25) is 0 Å². The van der Waals surface area contributed by atoms with Crippen LogP contribution in [0.25, 0.3) is 6.08 Å². The Balaban J connectivity index is 1.97. The minimum absolute atomic E-state index is 0.0979. The lowest BCUT2D eigenvalue weighted by Crippen LogP contribution is -2.49. The summed E-state index contributed by atoms with van der Waals surface area (Å²) < 4.78 is 0. The average molecular weight is 272 g/mol. The van der Waals surface area contributed by atoms with Gasteiger partial charge in [0.15, 0.2) is 0 Å². The van der Waals surface area contributed by atoms with Crippen LogP contribution in [0.3, 0.4) is 0 Å². The summed E-state index contributed by atoms with van der Waals surface area (Å²) in [4.78, 5) is 24.7. The van der Waals surface area contributed by atoms with Crippen molar-refractivity contribution in [3.8, 4) is 0 Å². The third-order valence-corrected chi connectivity index (χ3v) is 3.37. The molecule has 0 saturated carbocycles. The first kappa shape index (κ1) is 14.3. The molecule has 1 heterocycles. The van der Waals surface area contributed by atoms with Crippen molar-refractivity contribution >= 4 is 17.9 Å². The van der Waals surface area contributed by atoms with Crippen LogP contribution in [0.1, 0.15) is 30.9 Å². The van der Waals surface area contributed by atoms with Crippen LogP contribution in [-0.2, 0) is 9.59 Å². The minimum atomic E-state index is -0.118. The zero-order valence-corrected chi connectivity index (χ0v) is 11.9. The summed E-state index contributed by atoms with van der Waals surface area (Å²) in [5.74, 6) is 0.286. The zero-order chi connectivity index (χ0) is 14.5. The molecular weight excluding hydrogens is 252 g/mol. The van der Waals surface area contributed by atoms with E-state index in [1.165, 1.54) is 11.6 Å². The maximum atomic E-state index is 12.0. The van der Waals surface area contributed by atoms with Gasteiger partial charge in [-0.15, -0.1) is 0 Å². The van der Waals surface area contributed by atoms with Gasteiger partial charge in [-0.25, -0.2) is 0 Å². The van der Waals surface area contributed by atoms with Gasteiger partial charge in [0.05, 0.1) is 6.54 Å². The molecule has 2 rings (SSSR count). The van der Waals surface area contributed by atoms with Crippen LogP contribution in [-0.4, -0.2) is 36.3 Å². The highest BCUT2D eigenvalue weighted by atomic mass is 16.2. The standard InChI is InChI=1S/C16H20N2O2/c1-12(2)14-6-3-13(4-7-14)5-8-16(20)18-10-9-17-15(19)11-18/h3-8,12H,9-11H2,1-2H3,(H,17,19). The lowest BCUT2D eigenvalue weighted by Gasteiger charge is -2.25. The van der Waals surface area contributed by atoms with Crippen LogP contribution in [0, 0.1) is 0 Å². The van der Waals surface area contributed by atoms with E-state index in [-0.39, 0.29) is 18.4 Å². The van der Waals surface area contributed by atoms with Crippen molar-refractivity contribution in [2.24, 2.45) is 0 Å². The van der Waals surface area contributed by atoms with E-state index in [9.17, 15) is 9.59 Å². The molecule has 1 aromatic rings. The molecule has 1 saturated heterocycles. The Bertz CT molecular complexity index is 518. The van der Waals surface area contributed by atoms with E-state index in [1.54, 1.807) is 11.0 Å². The molecule has 20 heavy (non-hydrogen) atoms. The summed E-state index contributed by atoms with van der Waals surface area (Å²) in [5.41, 5.74) is 2.27. The fourth-order valence-corrected chi connectivity index (χ4v) is 2.09. The van der Waals surface area contributed by atoms with Gasteiger partial charge in [-0.05, 0) is 23.1 Å². The number of nitrogens with zero attached hydrogens (tertiary/aromatic N) is 1. The molecule has 2 amide bonds. The second kappa shape index (κ2) is 6.37. The molecule has 4 nitrogen and oxygen atoms in total. The first-order valence-electron chi connectivity index (χ1n) is 6.90. The van der Waals surface area contributed by atoms with Gasteiger partial charge in [0.1, 0.15) is 0 Å². The third kappa shape index (κ3) is 3.70. The molecule has 0 unspecified atom stereocenters. The van der Waals surface area contributed by atoms with E-state index in [4.69, 9.17) is 0 Å². The van der Waals surface area contributed by atoms with Gasteiger partial charge in [0, 0.05) is 19.2 Å². The Morgan fingerprint density at radius 1 is 1.30 bits per heavy atom. The van der Waals surface area contributed by atoms with Gasteiger partial charge >= 0.3 is 0 Å². The molecule has 0 bridgehead atoms. The van der Waals surface area contributed by atoms with Crippen LogP contribution in [0.15, 0.2) is 30.3 Å². The molecule has 4 heteroatoms. The van der Waals surface area contributed by atoms with Crippen molar-refractivity contribution in [3.05, 3.63) is 41.5 Å². The Hall–Kier alpha value is -2.10. The van der Waals surface area contributed by atoms with E-state index in [2.05, 4.69) is 31.3 Å². The number of nitrogens with one attached hydrogen (secondary N) is 1. The number of hydrogen-bond acceptors (Lipinski definition) is 2. The summed E-state index contributed by atoms with van der Waals surface area (Å²) in [6.45, 7) is 5.55. The molecule has 0 spiro atoms. The fraction of sp³-hybridized carbons (Fsp3) is 0.375. The first-order chi connectivity index (χ1) is 9.56. The van der Waals surface area contributed by atoms with Gasteiger partial charge in [-0.2, -0.15) is 0 Å². The highest BCUT2D eigenvalue weighted by molar-refractivity contribution is 5.94. The SMILES string of the molecule is CC(C)c1ccc(C=CC(=O)N2CCNC(=O)C2)cc1. The Kier molecular flexibility index (Phi) is 4.56. The quantitative estimate of drug-likeness (QED) is 0.853. The Morgan fingerprint density at radius 3 is 2.60 bits per heavy atom. The van der Waals surface area contributed by atoms with Crippen LogP contribution < -0.4 is 5.32 Å². The maximum Gasteiger partial charge on any atom is 0.247 e. The largest absolute Gasteiger partial charge is 0.353 e. The molecule has 0 radical (unpaired) electrons. The molecule has 1 N–H and O–H groups in total. The van der Waals surface area contributed by atoms with Crippen molar-refractivity contribution in [1.82, 2.24) is 10.2 Å². The number of rotatable bonds is 3. The number of carbonyl (C=O) groups is 2. The minimum Gasteiger partial charge on any atom is -0.353 e. The van der Waals surface area contributed by atoms with Crippen LogP contribution in [0.5, 0.6) is 0 Å². The van der Waals surface area contributed by atoms with Crippen LogP contribution in [0.4, 0.5) is 0 Å². The maximum absolute atomic E-state index is 12.0. The van der Waals surface area contributed by atoms with Gasteiger partial charge in [-0.1, -0.05) is 38.1 Å². The first-order valence-corrected chi connectivity index (χ1v) is 6.90. The van der Waals surface area contributed by atoms with Crippen molar-refractivity contribution in [2.75, 3.05) is 19.6 Å². The molecule has 1 aromatic carbocycles. The molecule has 106 valence electrons. The predicted octanol–water partition coefficient (Wildman–Crippen LogP) is 1.78. The number of benzene rings is 1. The lowest BCUT2D eigenvalue weighted by molar-refractivity contribution is -0.134. The number of hydrogen-bond donors (Lipinski definition) is 1. The molecule has 1 aliphatic rings. The normalized spacial score (nSPS) is 15.8. The van der Waals surface area contributed by atoms with E-state index < -0.39 is 0 Å². The summed E-state index contributed by atoms with van der Waals surface area (Å²) in [5, 5.41) is 2.70. The van der Waals surface area contributed by atoms with E-state index in [0.29, 0.717) is 19.0 Å². The van der Waals surface area contributed by atoms with Gasteiger partial charge < -0.3 is 10.2 Å². The van der Waals surface area contributed by atoms with Crippen molar-refractivity contribution in [1.29, 1.82) is 0 Å². The highest BCUT2D eigenvalue weighted by Crippen LogP contribution is 2.15. The summed E-state index contributed by atoms with van der Waals surface area (Å²) >= 11 is 0. The molecule has 1 aliphatic heterocycles. The van der Waals surface area contributed by atoms with Crippen molar-refractivity contribution < 1.29 is 9.59 Å². The molecular formula is C16H20N2O2.